The molecule has 0 aliphatic rings. The molecule has 0 heterocycles. The molecule has 0 aliphatic carbocycles. The van der Waals surface area contributed by atoms with Crippen LogP contribution in [0.15, 0.2) is 16.1 Å². The maximum absolute atomic E-state index is 4.31. The summed E-state index contributed by atoms with van der Waals surface area (Å²) in [6.45, 7) is 8.73. The van der Waals surface area contributed by atoms with Crippen molar-refractivity contribution in [2.75, 3.05) is 7.05 Å². The number of nitrogens with zero attached hydrogens (tertiary/aromatic N) is 1. The molecule has 0 aliphatic heterocycles. The molecule has 0 amide bonds. The molecule has 0 radical (unpaired) electrons. The molecule has 0 aromatic rings. The van der Waals surface area contributed by atoms with E-state index in [-0.39, 0.29) is 0 Å². The number of aliphatic imine (C=N–C) groups is 1. The third-order valence-electron chi connectivity index (χ3n) is 2.06. The molecule has 0 rings (SSSR count). The topological polar surface area (TPSA) is 12.4 Å². The van der Waals surface area contributed by atoms with Crippen molar-refractivity contribution >= 4 is 5.71 Å². The van der Waals surface area contributed by atoms with Gasteiger partial charge in [0.2, 0.25) is 0 Å². The Hall–Kier alpha value is -0.590. The van der Waals surface area contributed by atoms with Gasteiger partial charge in [-0.15, -0.1) is 0 Å². The Balaban J connectivity index is 4.63. The molecule has 12 heavy (non-hydrogen) atoms. The summed E-state index contributed by atoms with van der Waals surface area (Å²) in [7, 11) is 1.89. The van der Waals surface area contributed by atoms with Crippen molar-refractivity contribution in [3.63, 3.8) is 0 Å². The monoisotopic (exact) mass is 167 g/mol. The second kappa shape index (κ2) is 5.99. The lowest BCUT2D eigenvalue weighted by Gasteiger charge is -2.09. The van der Waals surface area contributed by atoms with E-state index in [9.17, 15) is 0 Å². The van der Waals surface area contributed by atoms with Gasteiger partial charge >= 0.3 is 0 Å². The maximum atomic E-state index is 4.31. The molecule has 0 N–H and O–H groups in total. The molecule has 1 heteroatoms. The van der Waals surface area contributed by atoms with E-state index in [1.54, 1.807) is 0 Å². The molecule has 0 saturated carbocycles. The Labute approximate surface area is 76.6 Å². The highest BCUT2D eigenvalue weighted by molar-refractivity contribution is 6.00. The smallest absolute Gasteiger partial charge is 0.0373 e. The molecule has 0 aromatic carbocycles. The van der Waals surface area contributed by atoms with Crippen molar-refractivity contribution in [1.29, 1.82) is 0 Å². The van der Waals surface area contributed by atoms with E-state index in [0.29, 0.717) is 0 Å². The first-order chi connectivity index (χ1) is 5.67. The highest BCUT2D eigenvalue weighted by Crippen LogP contribution is 2.14. The lowest BCUT2D eigenvalue weighted by atomic mass is 9.99. The van der Waals surface area contributed by atoms with Crippen LogP contribution in [0.4, 0.5) is 0 Å². The van der Waals surface area contributed by atoms with Crippen molar-refractivity contribution in [3.8, 4) is 0 Å². The fourth-order valence-corrected chi connectivity index (χ4v) is 1.44. The van der Waals surface area contributed by atoms with Gasteiger partial charge < -0.3 is 0 Å². The van der Waals surface area contributed by atoms with Crippen molar-refractivity contribution in [2.45, 2.75) is 47.0 Å². The normalized spacial score (nSPS) is 11.6. The van der Waals surface area contributed by atoms with Gasteiger partial charge in [0.15, 0.2) is 0 Å². The van der Waals surface area contributed by atoms with E-state index in [2.05, 4.69) is 32.7 Å². The van der Waals surface area contributed by atoms with Crippen LogP contribution in [-0.2, 0) is 0 Å². The summed E-state index contributed by atoms with van der Waals surface area (Å²) in [5.41, 5.74) is 4.15. The van der Waals surface area contributed by atoms with Crippen LogP contribution in [0, 0.1) is 0 Å². The summed E-state index contributed by atoms with van der Waals surface area (Å²) in [5.74, 6) is 0. The molecule has 0 aromatic heterocycles. The second-order valence-electron chi connectivity index (χ2n) is 3.25. The second-order valence-corrected chi connectivity index (χ2v) is 3.25. The molecular formula is C11H21N. The van der Waals surface area contributed by atoms with Gasteiger partial charge in [0, 0.05) is 12.8 Å². The third-order valence-corrected chi connectivity index (χ3v) is 2.06. The minimum atomic E-state index is 1.05. The quantitative estimate of drug-likeness (QED) is 0.567. The van der Waals surface area contributed by atoms with Crippen LogP contribution in [0.25, 0.3) is 0 Å². The summed E-state index contributed by atoms with van der Waals surface area (Å²) < 4.78 is 0. The fraction of sp³-hybridized carbons (Fsp3) is 0.727. The summed E-state index contributed by atoms with van der Waals surface area (Å²) in [4.78, 5) is 4.31. The number of rotatable bonds is 4. The minimum Gasteiger partial charge on any atom is -0.293 e. The van der Waals surface area contributed by atoms with Crippen LogP contribution in [0.5, 0.6) is 0 Å². The maximum Gasteiger partial charge on any atom is 0.0373 e. The van der Waals surface area contributed by atoms with Gasteiger partial charge in [0.05, 0.1) is 0 Å². The number of hydrogen-bond donors (Lipinski definition) is 0. The molecule has 0 spiro atoms. The molecule has 70 valence electrons. The Bertz CT molecular complexity index is 183. The van der Waals surface area contributed by atoms with Gasteiger partial charge in [-0.25, -0.2) is 0 Å². The van der Waals surface area contributed by atoms with Crippen LogP contribution in [0.2, 0.25) is 0 Å². The largest absolute Gasteiger partial charge is 0.293 e. The van der Waals surface area contributed by atoms with Crippen molar-refractivity contribution < 1.29 is 0 Å². The van der Waals surface area contributed by atoms with Crippen LogP contribution in [0.3, 0.4) is 0 Å². The van der Waals surface area contributed by atoms with Crippen molar-refractivity contribution in [3.05, 3.63) is 11.1 Å². The van der Waals surface area contributed by atoms with Crippen LogP contribution in [0.1, 0.15) is 47.0 Å². The van der Waals surface area contributed by atoms with Crippen LogP contribution in [-0.4, -0.2) is 12.8 Å². The van der Waals surface area contributed by atoms with E-state index in [1.807, 2.05) is 7.05 Å². The lowest BCUT2D eigenvalue weighted by molar-refractivity contribution is 0.915. The van der Waals surface area contributed by atoms with Gasteiger partial charge in [-0.1, -0.05) is 25.8 Å². The average Bonchev–Trinajstić information content (AvgIpc) is 2.05. The van der Waals surface area contributed by atoms with Crippen molar-refractivity contribution in [2.24, 2.45) is 4.99 Å². The van der Waals surface area contributed by atoms with E-state index in [4.69, 9.17) is 0 Å². The minimum absolute atomic E-state index is 1.05. The predicted octanol–water partition coefficient (Wildman–Crippen LogP) is 3.60. The molecule has 0 unspecified atom stereocenters. The first-order valence-corrected chi connectivity index (χ1v) is 4.79. The van der Waals surface area contributed by atoms with E-state index in [1.165, 1.54) is 29.7 Å². The van der Waals surface area contributed by atoms with Gasteiger partial charge in [-0.2, -0.15) is 0 Å². The SMILES string of the molecule is CCCC(C(CC)=NC)=C(C)C. The Morgan fingerprint density at radius 3 is 2.00 bits per heavy atom. The molecular weight excluding hydrogens is 146 g/mol. The average molecular weight is 167 g/mol. The first-order valence-electron chi connectivity index (χ1n) is 4.79. The van der Waals surface area contributed by atoms with Gasteiger partial charge in [-0.05, 0) is 32.3 Å². The summed E-state index contributed by atoms with van der Waals surface area (Å²) in [5, 5.41) is 0. The third kappa shape index (κ3) is 3.21. The van der Waals surface area contributed by atoms with Crippen molar-refractivity contribution in [1.82, 2.24) is 0 Å². The highest BCUT2D eigenvalue weighted by Gasteiger charge is 2.04. The number of allylic oxidation sites excluding steroid dienone is 2. The van der Waals surface area contributed by atoms with E-state index in [0.717, 1.165) is 6.42 Å². The van der Waals surface area contributed by atoms with E-state index >= 15 is 0 Å². The highest BCUT2D eigenvalue weighted by atomic mass is 14.7. The van der Waals surface area contributed by atoms with Gasteiger partial charge in [0.1, 0.15) is 0 Å². The first kappa shape index (κ1) is 11.4. The molecule has 0 saturated heterocycles. The summed E-state index contributed by atoms with van der Waals surface area (Å²) in [6, 6.07) is 0. The van der Waals surface area contributed by atoms with Crippen LogP contribution < -0.4 is 0 Å². The summed E-state index contributed by atoms with van der Waals surface area (Å²) in [6.07, 6.45) is 3.43. The van der Waals surface area contributed by atoms with Gasteiger partial charge in [-0.3, -0.25) is 4.99 Å². The van der Waals surface area contributed by atoms with Crippen LogP contribution >= 0.6 is 0 Å². The zero-order valence-corrected chi connectivity index (χ0v) is 9.07. The van der Waals surface area contributed by atoms with E-state index < -0.39 is 0 Å². The Morgan fingerprint density at radius 2 is 1.75 bits per heavy atom. The fourth-order valence-electron chi connectivity index (χ4n) is 1.44. The Kier molecular flexibility index (Phi) is 5.69. The zero-order chi connectivity index (χ0) is 9.56. The molecule has 1 nitrogen and oxygen atoms in total. The molecule has 0 atom stereocenters. The Morgan fingerprint density at radius 1 is 1.17 bits per heavy atom. The summed E-state index contributed by atoms with van der Waals surface area (Å²) >= 11 is 0. The molecule has 0 fully saturated rings. The molecule has 0 bridgehead atoms. The number of hydrogen-bond acceptors (Lipinski definition) is 1. The predicted molar refractivity (Wildman–Crippen MR) is 56.9 cm³/mol. The zero-order valence-electron chi connectivity index (χ0n) is 9.07. The lowest BCUT2D eigenvalue weighted by Crippen LogP contribution is -2.03. The standard InChI is InChI=1S/C11H21N/c1-6-8-10(9(3)4)11(7-2)12-5/h6-8H2,1-5H3. The van der Waals surface area contributed by atoms with Gasteiger partial charge in [0.25, 0.3) is 0 Å².